The molecule has 0 aromatic heterocycles. The highest BCUT2D eigenvalue weighted by Crippen LogP contribution is 2.33. The zero-order valence-corrected chi connectivity index (χ0v) is 12.1. The SMILES string of the molecule is CCCCCCC(CC)(CBr)CBr. The predicted octanol–water partition coefficient (Wildman–Crippen LogP) is 5.14. The van der Waals surface area contributed by atoms with Crippen LogP contribution in [0.4, 0.5) is 0 Å². The molecular weight excluding hydrogens is 292 g/mol. The summed E-state index contributed by atoms with van der Waals surface area (Å²) in [5.41, 5.74) is 0.508. The Balaban J connectivity index is 3.68. The minimum Gasteiger partial charge on any atom is -0.0922 e. The molecule has 13 heavy (non-hydrogen) atoms. The van der Waals surface area contributed by atoms with Gasteiger partial charge in [0.15, 0.2) is 0 Å². The minimum atomic E-state index is 0.508. The van der Waals surface area contributed by atoms with Crippen LogP contribution in [-0.4, -0.2) is 10.7 Å². The monoisotopic (exact) mass is 312 g/mol. The molecule has 0 heterocycles. The Morgan fingerprint density at radius 3 is 1.92 bits per heavy atom. The van der Waals surface area contributed by atoms with Crippen LogP contribution >= 0.6 is 31.9 Å². The lowest BCUT2D eigenvalue weighted by molar-refractivity contribution is 0.329. The summed E-state index contributed by atoms with van der Waals surface area (Å²) in [6.07, 6.45) is 8.15. The van der Waals surface area contributed by atoms with Crippen LogP contribution in [0, 0.1) is 5.41 Å². The molecule has 0 unspecified atom stereocenters. The van der Waals surface area contributed by atoms with E-state index < -0.39 is 0 Å². The van der Waals surface area contributed by atoms with Crippen molar-refractivity contribution < 1.29 is 0 Å². The average Bonchev–Trinajstić information content (AvgIpc) is 2.20. The molecule has 0 spiro atoms. The molecule has 0 bridgehead atoms. The van der Waals surface area contributed by atoms with Crippen molar-refractivity contribution in [2.24, 2.45) is 5.41 Å². The van der Waals surface area contributed by atoms with Crippen LogP contribution in [0.15, 0.2) is 0 Å². The number of unbranched alkanes of at least 4 members (excludes halogenated alkanes) is 3. The molecule has 0 radical (unpaired) electrons. The molecule has 0 nitrogen and oxygen atoms in total. The summed E-state index contributed by atoms with van der Waals surface area (Å²) in [5.74, 6) is 0. The van der Waals surface area contributed by atoms with Crippen LogP contribution in [0.5, 0.6) is 0 Å². The Morgan fingerprint density at radius 2 is 1.54 bits per heavy atom. The number of rotatable bonds is 8. The van der Waals surface area contributed by atoms with Gasteiger partial charge in [-0.1, -0.05) is 71.4 Å². The zero-order chi connectivity index (χ0) is 10.2. The summed E-state index contributed by atoms with van der Waals surface area (Å²) in [6.45, 7) is 4.56. The highest BCUT2D eigenvalue weighted by molar-refractivity contribution is 9.09. The number of hydrogen-bond acceptors (Lipinski definition) is 0. The van der Waals surface area contributed by atoms with Gasteiger partial charge in [-0.25, -0.2) is 0 Å². The van der Waals surface area contributed by atoms with E-state index in [9.17, 15) is 0 Å². The molecular formula is C11H22Br2. The first kappa shape index (κ1) is 14.0. The van der Waals surface area contributed by atoms with Gasteiger partial charge in [0.1, 0.15) is 0 Å². The Hall–Kier alpha value is 0.960. The molecule has 0 aromatic carbocycles. The van der Waals surface area contributed by atoms with Gasteiger partial charge in [-0.05, 0) is 18.3 Å². The fourth-order valence-corrected chi connectivity index (χ4v) is 3.74. The largest absolute Gasteiger partial charge is 0.0922 e. The maximum Gasteiger partial charge on any atom is 0.00958 e. The quantitative estimate of drug-likeness (QED) is 0.430. The van der Waals surface area contributed by atoms with Gasteiger partial charge in [-0.15, -0.1) is 0 Å². The summed E-state index contributed by atoms with van der Waals surface area (Å²) < 4.78 is 0. The van der Waals surface area contributed by atoms with Gasteiger partial charge in [-0.2, -0.15) is 0 Å². The third kappa shape index (κ3) is 5.41. The van der Waals surface area contributed by atoms with E-state index in [0.717, 1.165) is 10.7 Å². The fraction of sp³-hybridized carbons (Fsp3) is 1.00. The predicted molar refractivity (Wildman–Crippen MR) is 69.1 cm³/mol. The molecule has 80 valence electrons. The van der Waals surface area contributed by atoms with Gasteiger partial charge in [0.05, 0.1) is 0 Å². The van der Waals surface area contributed by atoms with Gasteiger partial charge < -0.3 is 0 Å². The average molecular weight is 314 g/mol. The van der Waals surface area contributed by atoms with Crippen molar-refractivity contribution in [3.8, 4) is 0 Å². The van der Waals surface area contributed by atoms with Crippen molar-refractivity contribution in [3.63, 3.8) is 0 Å². The third-order valence-electron chi connectivity index (χ3n) is 2.88. The van der Waals surface area contributed by atoms with Gasteiger partial charge in [-0.3, -0.25) is 0 Å². The molecule has 0 saturated carbocycles. The lowest BCUT2D eigenvalue weighted by Gasteiger charge is -2.28. The van der Waals surface area contributed by atoms with Crippen molar-refractivity contribution in [1.82, 2.24) is 0 Å². The van der Waals surface area contributed by atoms with Crippen molar-refractivity contribution in [1.29, 1.82) is 0 Å². The van der Waals surface area contributed by atoms with Crippen LogP contribution in [0.1, 0.15) is 52.4 Å². The molecule has 0 amide bonds. The van der Waals surface area contributed by atoms with Crippen molar-refractivity contribution in [3.05, 3.63) is 0 Å². The first-order chi connectivity index (χ1) is 6.24. The molecule has 2 heteroatoms. The topological polar surface area (TPSA) is 0 Å². The van der Waals surface area contributed by atoms with Crippen LogP contribution in [0.3, 0.4) is 0 Å². The van der Waals surface area contributed by atoms with Crippen LogP contribution in [-0.2, 0) is 0 Å². The second kappa shape index (κ2) is 8.28. The van der Waals surface area contributed by atoms with E-state index in [0.29, 0.717) is 5.41 Å². The van der Waals surface area contributed by atoms with Crippen LogP contribution < -0.4 is 0 Å². The van der Waals surface area contributed by atoms with E-state index in [2.05, 4.69) is 45.7 Å². The molecule has 0 saturated heterocycles. The molecule has 0 aromatic rings. The zero-order valence-electron chi connectivity index (χ0n) is 8.91. The fourth-order valence-electron chi connectivity index (χ4n) is 1.46. The van der Waals surface area contributed by atoms with E-state index in [1.807, 2.05) is 0 Å². The van der Waals surface area contributed by atoms with Crippen molar-refractivity contribution in [2.45, 2.75) is 52.4 Å². The highest BCUT2D eigenvalue weighted by atomic mass is 79.9. The van der Waals surface area contributed by atoms with E-state index in [1.54, 1.807) is 0 Å². The molecule has 0 fully saturated rings. The maximum atomic E-state index is 3.63. The van der Waals surface area contributed by atoms with Gasteiger partial charge in [0, 0.05) is 10.7 Å². The Kier molecular flexibility index (Phi) is 8.90. The summed E-state index contributed by atoms with van der Waals surface area (Å²) in [4.78, 5) is 0. The maximum absolute atomic E-state index is 3.63. The number of halogens is 2. The molecule has 0 aliphatic rings. The Labute approximate surface area is 100 Å². The summed E-state index contributed by atoms with van der Waals surface area (Å²) in [6, 6.07) is 0. The normalized spacial score (nSPS) is 12.0. The lowest BCUT2D eigenvalue weighted by Crippen LogP contribution is -2.23. The van der Waals surface area contributed by atoms with Crippen molar-refractivity contribution in [2.75, 3.05) is 10.7 Å². The van der Waals surface area contributed by atoms with Gasteiger partial charge in [0.2, 0.25) is 0 Å². The second-order valence-electron chi connectivity index (χ2n) is 3.93. The van der Waals surface area contributed by atoms with E-state index in [4.69, 9.17) is 0 Å². The number of hydrogen-bond donors (Lipinski definition) is 0. The molecule has 0 rings (SSSR count). The van der Waals surface area contributed by atoms with Gasteiger partial charge in [0.25, 0.3) is 0 Å². The first-order valence-corrected chi connectivity index (χ1v) is 7.61. The van der Waals surface area contributed by atoms with Crippen LogP contribution in [0.25, 0.3) is 0 Å². The first-order valence-electron chi connectivity index (χ1n) is 5.36. The molecule has 0 aliphatic carbocycles. The molecule has 0 aliphatic heterocycles. The molecule has 0 atom stereocenters. The lowest BCUT2D eigenvalue weighted by atomic mass is 9.84. The van der Waals surface area contributed by atoms with E-state index in [-0.39, 0.29) is 0 Å². The molecule has 0 N–H and O–H groups in total. The third-order valence-corrected chi connectivity index (χ3v) is 5.26. The smallest absolute Gasteiger partial charge is 0.00958 e. The van der Waals surface area contributed by atoms with Gasteiger partial charge >= 0.3 is 0 Å². The highest BCUT2D eigenvalue weighted by Gasteiger charge is 2.24. The van der Waals surface area contributed by atoms with E-state index >= 15 is 0 Å². The van der Waals surface area contributed by atoms with E-state index in [1.165, 1.54) is 38.5 Å². The minimum absolute atomic E-state index is 0.508. The Bertz CT molecular complexity index is 100. The summed E-state index contributed by atoms with van der Waals surface area (Å²) >= 11 is 7.27. The Morgan fingerprint density at radius 1 is 0.923 bits per heavy atom. The van der Waals surface area contributed by atoms with Crippen molar-refractivity contribution >= 4 is 31.9 Å². The second-order valence-corrected chi connectivity index (χ2v) is 5.05. The summed E-state index contributed by atoms with van der Waals surface area (Å²) in [5, 5.41) is 2.27. The summed E-state index contributed by atoms with van der Waals surface area (Å²) in [7, 11) is 0. The number of alkyl halides is 2. The standard InChI is InChI=1S/C11H22Br2/c1-3-5-6-7-8-11(4-2,9-12)10-13/h3-10H2,1-2H3. The van der Waals surface area contributed by atoms with Crippen LogP contribution in [0.2, 0.25) is 0 Å².